The maximum atomic E-state index is 12.8. The number of benzene rings is 1. The van der Waals surface area contributed by atoms with E-state index < -0.39 is 0 Å². The Labute approximate surface area is 188 Å². The Hall–Kier alpha value is -1.94. The van der Waals surface area contributed by atoms with Crippen molar-refractivity contribution >= 4 is 68.9 Å². The van der Waals surface area contributed by atoms with Crippen molar-refractivity contribution in [1.29, 1.82) is 0 Å². The zero-order valence-electron chi connectivity index (χ0n) is 14.1. The highest BCUT2D eigenvalue weighted by atomic mass is 127. The Balaban J connectivity index is 1.74. The number of halogens is 3. The van der Waals surface area contributed by atoms with Crippen molar-refractivity contribution in [2.75, 3.05) is 5.32 Å². The molecule has 0 aliphatic carbocycles. The molecule has 0 bridgehead atoms. The van der Waals surface area contributed by atoms with Gasteiger partial charge in [0, 0.05) is 15.2 Å². The topological polar surface area (TPSA) is 59.8 Å². The number of amides is 1. The number of anilines is 1. The molecule has 0 unspecified atom stereocenters. The fourth-order valence-corrected chi connectivity index (χ4v) is 4.08. The summed E-state index contributed by atoms with van der Waals surface area (Å²) in [5.41, 5.74) is 1.93. The van der Waals surface area contributed by atoms with Crippen molar-refractivity contribution < 1.29 is 4.79 Å². The lowest BCUT2D eigenvalue weighted by Gasteiger charge is -2.09. The minimum absolute atomic E-state index is 0.156. The Morgan fingerprint density at radius 1 is 1.07 bits per heavy atom. The van der Waals surface area contributed by atoms with E-state index in [1.54, 1.807) is 16.0 Å². The third-order valence-corrected chi connectivity index (χ3v) is 5.82. The second-order valence-electron chi connectivity index (χ2n) is 5.74. The van der Waals surface area contributed by atoms with Crippen LogP contribution in [0, 0.1) is 3.57 Å². The molecule has 28 heavy (non-hydrogen) atoms. The molecule has 3 heterocycles. The average Bonchev–Trinajstić information content (AvgIpc) is 3.31. The number of pyridine rings is 1. The SMILES string of the molecule is O=C(Nc1cc(-c2cccs2)nn1-c1ccc(I)cc1)c1cc(Cl)nc(Cl)c1. The summed E-state index contributed by atoms with van der Waals surface area (Å²) in [7, 11) is 0. The molecule has 4 aromatic rings. The monoisotopic (exact) mass is 540 g/mol. The maximum absolute atomic E-state index is 12.8. The van der Waals surface area contributed by atoms with Crippen LogP contribution in [0.1, 0.15) is 10.4 Å². The predicted octanol–water partition coefficient (Wildman–Crippen LogP) is 6.16. The molecule has 0 fully saturated rings. The zero-order valence-corrected chi connectivity index (χ0v) is 18.6. The van der Waals surface area contributed by atoms with Crippen LogP contribution in [0.3, 0.4) is 0 Å². The van der Waals surface area contributed by atoms with Gasteiger partial charge in [0.2, 0.25) is 0 Å². The number of rotatable bonds is 4. The normalized spacial score (nSPS) is 10.8. The van der Waals surface area contributed by atoms with Crippen molar-refractivity contribution in [3.05, 3.63) is 79.4 Å². The molecule has 1 N–H and O–H groups in total. The number of hydrogen-bond acceptors (Lipinski definition) is 4. The van der Waals surface area contributed by atoms with Gasteiger partial charge in [-0.05, 0) is 70.4 Å². The van der Waals surface area contributed by atoms with E-state index in [4.69, 9.17) is 23.2 Å². The van der Waals surface area contributed by atoms with Gasteiger partial charge in [0.15, 0.2) is 0 Å². The maximum Gasteiger partial charge on any atom is 0.257 e. The molecule has 4 rings (SSSR count). The highest BCUT2D eigenvalue weighted by molar-refractivity contribution is 14.1. The number of aromatic nitrogens is 3. The first-order valence-electron chi connectivity index (χ1n) is 8.04. The van der Waals surface area contributed by atoms with Gasteiger partial charge >= 0.3 is 0 Å². The molecule has 9 heteroatoms. The fourth-order valence-electron chi connectivity index (χ4n) is 2.58. The molecule has 5 nitrogen and oxygen atoms in total. The van der Waals surface area contributed by atoms with Gasteiger partial charge in [0.25, 0.3) is 5.91 Å². The van der Waals surface area contributed by atoms with Gasteiger partial charge in [0.1, 0.15) is 21.8 Å². The van der Waals surface area contributed by atoms with Gasteiger partial charge in [-0.2, -0.15) is 5.10 Å². The van der Waals surface area contributed by atoms with E-state index in [1.165, 1.54) is 12.1 Å². The summed E-state index contributed by atoms with van der Waals surface area (Å²) in [6.45, 7) is 0. The van der Waals surface area contributed by atoms with Crippen LogP contribution in [-0.2, 0) is 0 Å². The number of carbonyl (C=O) groups is 1. The molecule has 140 valence electrons. The Kier molecular flexibility index (Phi) is 5.68. The van der Waals surface area contributed by atoms with Gasteiger partial charge < -0.3 is 5.32 Å². The first-order chi connectivity index (χ1) is 13.5. The van der Waals surface area contributed by atoms with E-state index in [-0.39, 0.29) is 16.2 Å². The van der Waals surface area contributed by atoms with Crippen LogP contribution < -0.4 is 5.32 Å². The average molecular weight is 541 g/mol. The van der Waals surface area contributed by atoms with Crippen molar-refractivity contribution in [2.24, 2.45) is 0 Å². The van der Waals surface area contributed by atoms with Crippen LogP contribution >= 0.6 is 57.1 Å². The van der Waals surface area contributed by atoms with Crippen LogP contribution in [0.25, 0.3) is 16.3 Å². The summed E-state index contributed by atoms with van der Waals surface area (Å²) >= 11 is 15.7. The van der Waals surface area contributed by atoms with Gasteiger partial charge in [-0.3, -0.25) is 4.79 Å². The first kappa shape index (κ1) is 19.4. The summed E-state index contributed by atoms with van der Waals surface area (Å²) in [6.07, 6.45) is 0. The molecule has 0 saturated heterocycles. The summed E-state index contributed by atoms with van der Waals surface area (Å²) in [5, 5.41) is 9.87. The quantitative estimate of drug-likeness (QED) is 0.249. The Morgan fingerprint density at radius 2 is 1.79 bits per heavy atom. The standard InChI is InChI=1S/C19H11Cl2IN4OS/c20-16-8-11(9-17(21)23-16)19(27)24-18-10-14(15-2-1-7-28-15)25-26(18)13-5-3-12(22)4-6-13/h1-10H,(H,24,27). The molecule has 0 radical (unpaired) electrons. The molecule has 1 aromatic carbocycles. The molecular formula is C19H11Cl2IN4OS. The second kappa shape index (κ2) is 8.20. The van der Waals surface area contributed by atoms with Gasteiger partial charge in [-0.1, -0.05) is 29.3 Å². The van der Waals surface area contributed by atoms with E-state index >= 15 is 0 Å². The highest BCUT2D eigenvalue weighted by Gasteiger charge is 2.16. The Bertz CT molecular complexity index is 1120. The third-order valence-electron chi connectivity index (χ3n) is 3.82. The molecule has 1 amide bonds. The van der Waals surface area contributed by atoms with Crippen LogP contribution in [0.15, 0.2) is 60.0 Å². The number of nitrogens with zero attached hydrogens (tertiary/aromatic N) is 3. The second-order valence-corrected chi connectivity index (χ2v) is 8.70. The van der Waals surface area contributed by atoms with Gasteiger partial charge in [-0.25, -0.2) is 9.67 Å². The molecule has 0 saturated carbocycles. The third kappa shape index (κ3) is 4.22. The molecule has 0 aliphatic heterocycles. The lowest BCUT2D eigenvalue weighted by molar-refractivity contribution is 0.102. The molecule has 0 spiro atoms. The molecule has 0 atom stereocenters. The zero-order chi connectivity index (χ0) is 19.7. The van der Waals surface area contributed by atoms with Crippen molar-refractivity contribution in [2.45, 2.75) is 0 Å². The van der Waals surface area contributed by atoms with Crippen molar-refractivity contribution in [1.82, 2.24) is 14.8 Å². The summed E-state index contributed by atoms with van der Waals surface area (Å²) in [5.74, 6) is 0.189. The summed E-state index contributed by atoms with van der Waals surface area (Å²) < 4.78 is 2.81. The van der Waals surface area contributed by atoms with E-state index in [1.807, 2.05) is 47.8 Å². The lowest BCUT2D eigenvalue weighted by atomic mass is 10.2. The van der Waals surface area contributed by atoms with Gasteiger partial charge in [0.05, 0.1) is 10.6 Å². The van der Waals surface area contributed by atoms with E-state index in [9.17, 15) is 4.79 Å². The number of hydrogen-bond donors (Lipinski definition) is 1. The predicted molar refractivity (Wildman–Crippen MR) is 122 cm³/mol. The van der Waals surface area contributed by atoms with Crippen LogP contribution in [0.4, 0.5) is 5.82 Å². The van der Waals surface area contributed by atoms with E-state index in [0.717, 1.165) is 19.8 Å². The highest BCUT2D eigenvalue weighted by Crippen LogP contribution is 2.28. The number of thiophene rings is 1. The van der Waals surface area contributed by atoms with E-state index in [2.05, 4.69) is 38.0 Å². The van der Waals surface area contributed by atoms with Crippen molar-refractivity contribution in [3.63, 3.8) is 0 Å². The van der Waals surface area contributed by atoms with E-state index in [0.29, 0.717) is 11.4 Å². The molecule has 0 aliphatic rings. The number of carbonyl (C=O) groups excluding carboxylic acids is 1. The Morgan fingerprint density at radius 3 is 2.43 bits per heavy atom. The minimum Gasteiger partial charge on any atom is -0.306 e. The largest absolute Gasteiger partial charge is 0.306 e. The van der Waals surface area contributed by atoms with Crippen molar-refractivity contribution in [3.8, 4) is 16.3 Å². The first-order valence-corrected chi connectivity index (χ1v) is 10.8. The summed E-state index contributed by atoms with van der Waals surface area (Å²) in [4.78, 5) is 17.6. The minimum atomic E-state index is -0.351. The fraction of sp³-hybridized carbons (Fsp3) is 0. The smallest absolute Gasteiger partial charge is 0.257 e. The molecular weight excluding hydrogens is 530 g/mol. The van der Waals surface area contributed by atoms with Crippen LogP contribution in [0.2, 0.25) is 10.3 Å². The summed E-state index contributed by atoms with van der Waals surface area (Å²) in [6, 6.07) is 16.6. The number of nitrogens with one attached hydrogen (secondary N) is 1. The lowest BCUT2D eigenvalue weighted by Crippen LogP contribution is -2.15. The molecule has 3 aromatic heterocycles. The van der Waals surface area contributed by atoms with Crippen LogP contribution in [0.5, 0.6) is 0 Å². The van der Waals surface area contributed by atoms with Gasteiger partial charge in [-0.15, -0.1) is 11.3 Å². The van der Waals surface area contributed by atoms with Crippen LogP contribution in [-0.4, -0.2) is 20.7 Å².